The Morgan fingerprint density at radius 1 is 0.714 bits per heavy atom. The standard InChI is InChI=1S/2C4H10O.C2H6O.H3N/c2*1-2-3-4-5;1-2-3;/h2*5H,2-4H2,1H3;3H,2H2,1H3;1H3. The molecule has 0 aliphatic carbocycles. The first-order chi connectivity index (χ1) is 6.24. The predicted molar refractivity (Wildman–Crippen MR) is 61.8 cm³/mol. The normalized spacial score (nSPS) is 7.29. The van der Waals surface area contributed by atoms with E-state index in [0.29, 0.717) is 13.2 Å². The fourth-order valence-corrected chi connectivity index (χ4v) is 0.316. The molecule has 0 aromatic carbocycles. The highest BCUT2D eigenvalue weighted by atomic mass is 16.3. The Kier molecular flexibility index (Phi) is 64.8. The van der Waals surface area contributed by atoms with Crippen LogP contribution in [0, 0.1) is 0 Å². The summed E-state index contributed by atoms with van der Waals surface area (Å²) in [4.78, 5) is 0. The summed E-state index contributed by atoms with van der Waals surface area (Å²) >= 11 is 0. The molecule has 0 radical (unpaired) electrons. The summed E-state index contributed by atoms with van der Waals surface area (Å²) in [6.45, 7) is 6.72. The van der Waals surface area contributed by atoms with Crippen LogP contribution in [-0.4, -0.2) is 35.1 Å². The third-order valence-electron chi connectivity index (χ3n) is 1.02. The predicted octanol–water partition coefficient (Wildman–Crippen LogP) is 1.72. The van der Waals surface area contributed by atoms with Gasteiger partial charge in [-0.05, 0) is 19.8 Å². The lowest BCUT2D eigenvalue weighted by Gasteiger charge is -1.79. The van der Waals surface area contributed by atoms with Crippen LogP contribution in [0.4, 0.5) is 0 Å². The second-order valence-corrected chi connectivity index (χ2v) is 2.47. The highest BCUT2D eigenvalue weighted by Gasteiger charge is 1.69. The number of hydrogen-bond acceptors (Lipinski definition) is 4. The average Bonchev–Trinajstić information content (AvgIpc) is 2.09. The average molecular weight is 211 g/mol. The van der Waals surface area contributed by atoms with Crippen LogP contribution >= 0.6 is 0 Å². The molecule has 6 N–H and O–H groups in total. The number of hydrogen-bond donors (Lipinski definition) is 4. The summed E-state index contributed by atoms with van der Waals surface area (Å²) in [6, 6.07) is 0. The van der Waals surface area contributed by atoms with Crippen molar-refractivity contribution in [2.45, 2.75) is 46.5 Å². The van der Waals surface area contributed by atoms with Crippen LogP contribution < -0.4 is 6.15 Å². The monoisotopic (exact) mass is 211 g/mol. The lowest BCUT2D eigenvalue weighted by atomic mass is 10.4. The van der Waals surface area contributed by atoms with Crippen molar-refractivity contribution in [3.8, 4) is 0 Å². The Balaban J connectivity index is -0.0000000535. The van der Waals surface area contributed by atoms with Gasteiger partial charge < -0.3 is 21.5 Å². The van der Waals surface area contributed by atoms with Crippen LogP contribution in [0.15, 0.2) is 0 Å². The second-order valence-electron chi connectivity index (χ2n) is 2.47. The molecule has 0 saturated carbocycles. The largest absolute Gasteiger partial charge is 0.397 e. The van der Waals surface area contributed by atoms with Gasteiger partial charge in [-0.15, -0.1) is 0 Å². The molecule has 92 valence electrons. The van der Waals surface area contributed by atoms with Crippen molar-refractivity contribution in [1.29, 1.82) is 0 Å². The van der Waals surface area contributed by atoms with Crippen molar-refractivity contribution in [2.75, 3.05) is 19.8 Å². The van der Waals surface area contributed by atoms with E-state index < -0.39 is 0 Å². The molecule has 0 atom stereocenters. The van der Waals surface area contributed by atoms with E-state index in [1.807, 2.05) is 0 Å². The Labute approximate surface area is 88.6 Å². The number of aliphatic hydroxyl groups excluding tert-OH is 3. The molecule has 0 aliphatic rings. The molecule has 0 rings (SSSR count). The van der Waals surface area contributed by atoms with E-state index in [9.17, 15) is 0 Å². The maximum Gasteiger partial charge on any atom is 0.0430 e. The first-order valence-corrected chi connectivity index (χ1v) is 5.07. The van der Waals surface area contributed by atoms with E-state index in [-0.39, 0.29) is 12.8 Å². The van der Waals surface area contributed by atoms with Gasteiger partial charge in [0, 0.05) is 19.8 Å². The van der Waals surface area contributed by atoms with Gasteiger partial charge in [0.05, 0.1) is 0 Å². The molecular weight excluding hydrogens is 182 g/mol. The second kappa shape index (κ2) is 38.5. The van der Waals surface area contributed by atoms with Crippen molar-refractivity contribution in [3.63, 3.8) is 0 Å². The SMILES string of the molecule is CCCCO.CCCCO.CCO.N. The Morgan fingerprint density at radius 3 is 0.929 bits per heavy atom. The van der Waals surface area contributed by atoms with Gasteiger partial charge >= 0.3 is 0 Å². The molecule has 0 heterocycles. The molecule has 0 aromatic rings. The molecule has 0 fully saturated rings. The minimum absolute atomic E-state index is 0. The third kappa shape index (κ3) is 94.4. The Bertz CT molecular complexity index is 44.6. The van der Waals surface area contributed by atoms with Gasteiger partial charge in [0.25, 0.3) is 0 Å². The van der Waals surface area contributed by atoms with Crippen molar-refractivity contribution in [3.05, 3.63) is 0 Å². The molecule has 0 amide bonds. The van der Waals surface area contributed by atoms with Gasteiger partial charge in [-0.1, -0.05) is 26.7 Å². The van der Waals surface area contributed by atoms with Crippen LogP contribution in [0.25, 0.3) is 0 Å². The zero-order valence-electron chi connectivity index (χ0n) is 10.00. The number of unbranched alkanes of at least 4 members (excludes halogenated alkanes) is 2. The van der Waals surface area contributed by atoms with Crippen molar-refractivity contribution in [2.24, 2.45) is 0 Å². The molecule has 4 heteroatoms. The smallest absolute Gasteiger partial charge is 0.0430 e. The number of aliphatic hydroxyl groups is 3. The molecule has 0 aromatic heterocycles. The van der Waals surface area contributed by atoms with E-state index in [1.54, 1.807) is 6.92 Å². The van der Waals surface area contributed by atoms with Crippen molar-refractivity contribution >= 4 is 0 Å². The summed E-state index contributed by atoms with van der Waals surface area (Å²) in [7, 11) is 0. The first kappa shape index (κ1) is 23.6. The maximum absolute atomic E-state index is 8.07. The lowest BCUT2D eigenvalue weighted by Crippen LogP contribution is -1.75. The van der Waals surface area contributed by atoms with E-state index in [1.165, 1.54) is 0 Å². The molecular formula is C10H29NO3. The highest BCUT2D eigenvalue weighted by molar-refractivity contribution is 4.23. The lowest BCUT2D eigenvalue weighted by molar-refractivity contribution is 0.286. The van der Waals surface area contributed by atoms with Gasteiger partial charge in [0.15, 0.2) is 0 Å². The summed E-state index contributed by atoms with van der Waals surface area (Å²) in [5, 5.41) is 23.7. The Hall–Kier alpha value is -0.160. The molecule has 0 spiro atoms. The Morgan fingerprint density at radius 2 is 0.929 bits per heavy atom. The van der Waals surface area contributed by atoms with Gasteiger partial charge in [0.1, 0.15) is 0 Å². The molecule has 4 nitrogen and oxygen atoms in total. The topological polar surface area (TPSA) is 95.7 Å². The quantitative estimate of drug-likeness (QED) is 0.569. The van der Waals surface area contributed by atoms with Crippen LogP contribution in [0.1, 0.15) is 46.5 Å². The third-order valence-corrected chi connectivity index (χ3v) is 1.02. The number of rotatable bonds is 4. The van der Waals surface area contributed by atoms with E-state index >= 15 is 0 Å². The van der Waals surface area contributed by atoms with Crippen molar-refractivity contribution < 1.29 is 15.3 Å². The van der Waals surface area contributed by atoms with Crippen LogP contribution in [0.3, 0.4) is 0 Å². The van der Waals surface area contributed by atoms with E-state index in [4.69, 9.17) is 15.3 Å². The van der Waals surface area contributed by atoms with Crippen LogP contribution in [-0.2, 0) is 0 Å². The van der Waals surface area contributed by atoms with Gasteiger partial charge in [-0.3, -0.25) is 0 Å². The van der Waals surface area contributed by atoms with E-state index in [0.717, 1.165) is 25.7 Å². The maximum atomic E-state index is 8.07. The summed E-state index contributed by atoms with van der Waals surface area (Å²) < 4.78 is 0. The van der Waals surface area contributed by atoms with Gasteiger partial charge in [0.2, 0.25) is 0 Å². The zero-order chi connectivity index (χ0) is 10.9. The molecule has 0 saturated heterocycles. The molecule has 14 heavy (non-hydrogen) atoms. The van der Waals surface area contributed by atoms with E-state index in [2.05, 4.69) is 13.8 Å². The van der Waals surface area contributed by atoms with Crippen molar-refractivity contribution in [1.82, 2.24) is 6.15 Å². The first-order valence-electron chi connectivity index (χ1n) is 5.07. The molecule has 0 unspecified atom stereocenters. The highest BCUT2D eigenvalue weighted by Crippen LogP contribution is 1.79. The van der Waals surface area contributed by atoms with Gasteiger partial charge in [-0.25, -0.2) is 0 Å². The minimum atomic E-state index is 0. The minimum Gasteiger partial charge on any atom is -0.397 e. The zero-order valence-corrected chi connectivity index (χ0v) is 10.00. The van der Waals surface area contributed by atoms with Crippen LogP contribution in [0.5, 0.6) is 0 Å². The van der Waals surface area contributed by atoms with Gasteiger partial charge in [-0.2, -0.15) is 0 Å². The summed E-state index contributed by atoms with van der Waals surface area (Å²) in [5.41, 5.74) is 0. The summed E-state index contributed by atoms with van der Waals surface area (Å²) in [5.74, 6) is 0. The molecule has 0 bridgehead atoms. The van der Waals surface area contributed by atoms with Crippen LogP contribution in [0.2, 0.25) is 0 Å². The summed E-state index contributed by atoms with van der Waals surface area (Å²) in [6.07, 6.45) is 4.08. The molecule has 0 aliphatic heterocycles. The fourth-order valence-electron chi connectivity index (χ4n) is 0.316. The fraction of sp³-hybridized carbons (Fsp3) is 1.00.